The van der Waals surface area contributed by atoms with Crippen LogP contribution in [-0.4, -0.2) is 48.3 Å². The molecule has 0 aliphatic heterocycles. The molecule has 7 N–H and O–H groups in total. The van der Waals surface area contributed by atoms with E-state index < -0.39 is 0 Å². The molecular weight excluding hydrogens is 366 g/mol. The van der Waals surface area contributed by atoms with E-state index in [4.69, 9.17) is 11.5 Å². The van der Waals surface area contributed by atoms with Crippen LogP contribution in [0.2, 0.25) is 0 Å². The minimum absolute atomic E-state index is 0.0215. The van der Waals surface area contributed by atoms with Gasteiger partial charge in [-0.3, -0.25) is 0 Å². The number of allylic oxidation sites excluding steroid dienone is 1. The molecule has 29 heavy (non-hydrogen) atoms. The van der Waals surface area contributed by atoms with Gasteiger partial charge < -0.3 is 31.9 Å². The molecule has 152 valence electrons. The van der Waals surface area contributed by atoms with E-state index in [2.05, 4.69) is 10.3 Å². The molecule has 7 heteroatoms. The first-order valence-corrected chi connectivity index (χ1v) is 9.53. The first-order chi connectivity index (χ1) is 14.1. The van der Waals surface area contributed by atoms with Gasteiger partial charge in [-0.1, -0.05) is 18.2 Å². The fourth-order valence-corrected chi connectivity index (χ4v) is 3.09. The van der Waals surface area contributed by atoms with Crippen molar-refractivity contribution in [2.75, 3.05) is 36.5 Å². The molecule has 1 aliphatic carbocycles. The summed E-state index contributed by atoms with van der Waals surface area (Å²) in [5.41, 5.74) is 16.9. The first-order valence-electron chi connectivity index (χ1n) is 9.53. The Morgan fingerprint density at radius 1 is 0.966 bits per heavy atom. The van der Waals surface area contributed by atoms with Crippen LogP contribution in [0.3, 0.4) is 0 Å². The molecule has 0 spiro atoms. The van der Waals surface area contributed by atoms with Crippen molar-refractivity contribution in [1.82, 2.24) is 0 Å². The minimum atomic E-state index is -0.331. The number of nitrogens with zero attached hydrogens (tertiary/aromatic N) is 2. The largest absolute Gasteiger partial charge is 0.397 e. The SMILES string of the molecule is NC1=CC(N)C(Nc2ccccc2)=C/C1=N/c1ccc(N(CCO)CCO)cc1. The van der Waals surface area contributed by atoms with Crippen molar-refractivity contribution in [3.05, 3.63) is 78.1 Å². The Bertz CT molecular complexity index is 885. The number of rotatable bonds is 8. The zero-order valence-corrected chi connectivity index (χ0v) is 16.2. The lowest BCUT2D eigenvalue weighted by molar-refractivity contribution is 0.281. The zero-order valence-electron chi connectivity index (χ0n) is 16.2. The molecular formula is C22H27N5O2. The molecule has 0 saturated carbocycles. The number of nitrogens with two attached hydrogens (primary N) is 2. The molecule has 7 nitrogen and oxygen atoms in total. The van der Waals surface area contributed by atoms with Gasteiger partial charge in [-0.05, 0) is 48.6 Å². The van der Waals surface area contributed by atoms with Crippen molar-refractivity contribution in [3.8, 4) is 0 Å². The van der Waals surface area contributed by atoms with Gasteiger partial charge in [0.15, 0.2) is 0 Å². The highest BCUT2D eigenvalue weighted by molar-refractivity contribution is 6.10. The Morgan fingerprint density at radius 2 is 1.62 bits per heavy atom. The summed E-state index contributed by atoms with van der Waals surface area (Å²) in [6.07, 6.45) is 3.65. The molecule has 0 amide bonds. The molecule has 0 fully saturated rings. The van der Waals surface area contributed by atoms with E-state index in [9.17, 15) is 10.2 Å². The number of hydrogen-bond acceptors (Lipinski definition) is 7. The van der Waals surface area contributed by atoms with Crippen LogP contribution in [0, 0.1) is 0 Å². The average Bonchev–Trinajstić information content (AvgIpc) is 2.73. The summed E-state index contributed by atoms with van der Waals surface area (Å²) in [5, 5.41) is 21.7. The van der Waals surface area contributed by atoms with Gasteiger partial charge in [0.1, 0.15) is 0 Å². The minimum Gasteiger partial charge on any atom is -0.397 e. The highest BCUT2D eigenvalue weighted by Gasteiger charge is 2.17. The molecule has 0 saturated heterocycles. The summed E-state index contributed by atoms with van der Waals surface area (Å²) >= 11 is 0. The molecule has 1 atom stereocenters. The fraction of sp³-hybridized carbons (Fsp3) is 0.227. The summed E-state index contributed by atoms with van der Waals surface area (Å²) in [6.45, 7) is 0.958. The number of benzene rings is 2. The second-order valence-electron chi connectivity index (χ2n) is 6.69. The van der Waals surface area contributed by atoms with Crippen LogP contribution in [-0.2, 0) is 0 Å². The maximum atomic E-state index is 9.19. The van der Waals surface area contributed by atoms with E-state index >= 15 is 0 Å². The van der Waals surface area contributed by atoms with Gasteiger partial charge in [0, 0.05) is 30.2 Å². The third-order valence-corrected chi connectivity index (χ3v) is 4.57. The van der Waals surface area contributed by atoms with Crippen molar-refractivity contribution in [1.29, 1.82) is 0 Å². The van der Waals surface area contributed by atoms with Gasteiger partial charge in [-0.15, -0.1) is 0 Å². The summed E-state index contributed by atoms with van der Waals surface area (Å²) < 4.78 is 0. The van der Waals surface area contributed by atoms with E-state index in [-0.39, 0.29) is 19.3 Å². The number of aliphatic hydroxyl groups is 2. The number of hydrogen-bond donors (Lipinski definition) is 5. The van der Waals surface area contributed by atoms with E-state index in [0.29, 0.717) is 24.5 Å². The van der Waals surface area contributed by atoms with Gasteiger partial charge >= 0.3 is 0 Å². The molecule has 1 unspecified atom stereocenters. The van der Waals surface area contributed by atoms with Crippen molar-refractivity contribution in [2.45, 2.75) is 6.04 Å². The van der Waals surface area contributed by atoms with Crippen molar-refractivity contribution < 1.29 is 10.2 Å². The molecule has 0 aromatic heterocycles. The summed E-state index contributed by atoms with van der Waals surface area (Å²) in [5.74, 6) is 0. The highest BCUT2D eigenvalue weighted by atomic mass is 16.3. The van der Waals surface area contributed by atoms with Gasteiger partial charge in [0.2, 0.25) is 0 Å². The van der Waals surface area contributed by atoms with Gasteiger partial charge in [-0.25, -0.2) is 4.99 Å². The third-order valence-electron chi connectivity index (χ3n) is 4.57. The van der Waals surface area contributed by atoms with Crippen LogP contribution in [0.25, 0.3) is 0 Å². The standard InChI is InChI=1S/C22H27N5O2/c23-19-14-20(24)22(15-21(19)25-16-4-2-1-3-5-16)26-17-6-8-18(9-7-17)27(10-12-28)11-13-29/h1-9,14-15,19,25,28-29H,10-13,23-24H2/b26-22-. The quantitative estimate of drug-likeness (QED) is 0.466. The van der Waals surface area contributed by atoms with Crippen molar-refractivity contribution >= 4 is 22.8 Å². The lowest BCUT2D eigenvalue weighted by Gasteiger charge is -2.23. The van der Waals surface area contributed by atoms with Gasteiger partial charge in [0.25, 0.3) is 0 Å². The van der Waals surface area contributed by atoms with E-state index in [0.717, 1.165) is 22.8 Å². The number of para-hydroxylation sites is 1. The zero-order chi connectivity index (χ0) is 20.6. The van der Waals surface area contributed by atoms with Crippen LogP contribution in [0.5, 0.6) is 0 Å². The predicted octanol–water partition coefficient (Wildman–Crippen LogP) is 1.73. The number of anilines is 2. The van der Waals surface area contributed by atoms with E-state index in [1.54, 1.807) is 6.08 Å². The Hall–Kier alpha value is -3.13. The molecule has 0 bridgehead atoms. The Balaban J connectivity index is 1.81. The van der Waals surface area contributed by atoms with Crippen molar-refractivity contribution in [2.24, 2.45) is 16.5 Å². The molecule has 0 radical (unpaired) electrons. The Morgan fingerprint density at radius 3 is 2.24 bits per heavy atom. The molecule has 3 rings (SSSR count). The lowest BCUT2D eigenvalue weighted by Crippen LogP contribution is -2.31. The van der Waals surface area contributed by atoms with Crippen LogP contribution < -0.4 is 21.7 Å². The maximum absolute atomic E-state index is 9.19. The molecule has 0 heterocycles. The fourth-order valence-electron chi connectivity index (χ4n) is 3.09. The average molecular weight is 393 g/mol. The molecule has 2 aromatic rings. The van der Waals surface area contributed by atoms with Crippen LogP contribution in [0.1, 0.15) is 0 Å². The van der Waals surface area contributed by atoms with Gasteiger partial charge in [-0.2, -0.15) is 0 Å². The van der Waals surface area contributed by atoms with Crippen LogP contribution in [0.15, 0.2) is 83.1 Å². The smallest absolute Gasteiger partial charge is 0.0881 e. The summed E-state index contributed by atoms with van der Waals surface area (Å²) in [4.78, 5) is 6.56. The number of nitrogens with one attached hydrogen (secondary N) is 1. The topological polar surface area (TPSA) is 120 Å². The third kappa shape index (κ3) is 5.45. The molecule has 1 aliphatic rings. The van der Waals surface area contributed by atoms with Crippen LogP contribution >= 0.6 is 0 Å². The lowest BCUT2D eigenvalue weighted by atomic mass is 10.0. The van der Waals surface area contributed by atoms with Crippen LogP contribution in [0.4, 0.5) is 17.1 Å². The normalized spacial score (nSPS) is 17.6. The van der Waals surface area contributed by atoms with E-state index in [1.165, 1.54) is 0 Å². The number of aliphatic imine (C=N–C) groups is 1. The summed E-state index contributed by atoms with van der Waals surface area (Å²) in [6, 6.07) is 17.0. The second kappa shape index (κ2) is 9.88. The van der Waals surface area contributed by atoms with E-state index in [1.807, 2.05) is 65.6 Å². The monoisotopic (exact) mass is 393 g/mol. The second-order valence-corrected chi connectivity index (χ2v) is 6.69. The predicted molar refractivity (Wildman–Crippen MR) is 118 cm³/mol. The van der Waals surface area contributed by atoms with Gasteiger partial charge in [0.05, 0.1) is 36.4 Å². The Labute approximate surface area is 170 Å². The Kier molecular flexibility index (Phi) is 7.02. The number of aliphatic hydroxyl groups excluding tert-OH is 2. The van der Waals surface area contributed by atoms with Crippen molar-refractivity contribution in [3.63, 3.8) is 0 Å². The highest BCUT2D eigenvalue weighted by Crippen LogP contribution is 2.22. The maximum Gasteiger partial charge on any atom is 0.0881 e. The first kappa shape index (κ1) is 20.6. The summed E-state index contributed by atoms with van der Waals surface area (Å²) in [7, 11) is 0. The molecule has 2 aromatic carbocycles.